The number of carbonyl (C=O) groups is 3. The lowest BCUT2D eigenvalue weighted by atomic mass is 10.1. The fourth-order valence-electron chi connectivity index (χ4n) is 2.28. The van der Waals surface area contributed by atoms with E-state index in [0.29, 0.717) is 17.1 Å². The molecule has 0 bridgehead atoms. The Kier molecular flexibility index (Phi) is 5.12. The number of imide groups is 1. The number of amides is 2. The van der Waals surface area contributed by atoms with E-state index < -0.39 is 30.4 Å². The van der Waals surface area contributed by atoms with Crippen LogP contribution in [-0.2, 0) is 19.1 Å². The number of benzene rings is 1. The molecule has 1 aromatic carbocycles. The molecule has 2 amide bonds. The molecule has 0 radical (unpaired) electrons. The minimum absolute atomic E-state index is 0.126. The number of halogens is 1. The normalized spacial score (nSPS) is 13.9. The first kappa shape index (κ1) is 17.4. The summed E-state index contributed by atoms with van der Waals surface area (Å²) in [6.45, 7) is -0.311. The minimum atomic E-state index is -0.783. The smallest absolute Gasteiger partial charge is 0.416 e. The van der Waals surface area contributed by atoms with Gasteiger partial charge in [-0.05, 0) is 30.3 Å². The second kappa shape index (κ2) is 7.64. The molecule has 0 aliphatic carbocycles. The van der Waals surface area contributed by atoms with Crippen LogP contribution < -0.4 is 0 Å². The highest BCUT2D eigenvalue weighted by Crippen LogP contribution is 2.25. The van der Waals surface area contributed by atoms with Crippen molar-refractivity contribution in [1.29, 1.82) is 0 Å². The van der Waals surface area contributed by atoms with E-state index in [1.54, 1.807) is 30.3 Å². The van der Waals surface area contributed by atoms with Crippen molar-refractivity contribution in [3.8, 4) is 11.3 Å². The van der Waals surface area contributed by atoms with Crippen molar-refractivity contribution in [2.24, 2.45) is 0 Å². The monoisotopic (exact) mass is 359 g/mol. The van der Waals surface area contributed by atoms with Gasteiger partial charge in [-0.1, -0.05) is 12.1 Å². The lowest BCUT2D eigenvalue weighted by molar-refractivity contribution is -0.146. The average Bonchev–Trinajstić information content (AvgIpc) is 3.27. The first-order valence-electron chi connectivity index (χ1n) is 7.71. The molecule has 0 unspecified atom stereocenters. The maximum atomic E-state index is 13.7. The number of nitrogens with zero attached hydrogens (tertiary/aromatic N) is 1. The molecule has 1 aromatic heterocycles. The van der Waals surface area contributed by atoms with Crippen LogP contribution in [0.15, 0.2) is 46.9 Å². The first-order chi connectivity index (χ1) is 12.5. The highest BCUT2D eigenvalue weighted by atomic mass is 19.1. The molecule has 0 spiro atoms. The Morgan fingerprint density at radius 1 is 1.23 bits per heavy atom. The minimum Gasteiger partial charge on any atom is -0.457 e. The van der Waals surface area contributed by atoms with Gasteiger partial charge in [0.1, 0.15) is 23.9 Å². The van der Waals surface area contributed by atoms with Gasteiger partial charge < -0.3 is 13.9 Å². The summed E-state index contributed by atoms with van der Waals surface area (Å²) in [7, 11) is 0. The van der Waals surface area contributed by atoms with Crippen LogP contribution >= 0.6 is 0 Å². The van der Waals surface area contributed by atoms with E-state index in [9.17, 15) is 18.8 Å². The van der Waals surface area contributed by atoms with Crippen LogP contribution in [-0.4, -0.2) is 42.6 Å². The van der Waals surface area contributed by atoms with Gasteiger partial charge >= 0.3 is 12.1 Å². The maximum absolute atomic E-state index is 13.7. The van der Waals surface area contributed by atoms with Crippen LogP contribution in [0.5, 0.6) is 0 Å². The molecule has 1 fully saturated rings. The van der Waals surface area contributed by atoms with Gasteiger partial charge in [-0.15, -0.1) is 0 Å². The second-order valence-electron chi connectivity index (χ2n) is 5.28. The molecule has 0 saturated carbocycles. The van der Waals surface area contributed by atoms with Crippen molar-refractivity contribution in [3.63, 3.8) is 0 Å². The van der Waals surface area contributed by atoms with Crippen LogP contribution in [0.1, 0.15) is 5.76 Å². The van der Waals surface area contributed by atoms with E-state index in [1.807, 2.05) is 0 Å². The Labute approximate surface area is 147 Å². The highest BCUT2D eigenvalue weighted by Gasteiger charge is 2.28. The van der Waals surface area contributed by atoms with Crippen molar-refractivity contribution in [2.75, 3.05) is 19.8 Å². The zero-order chi connectivity index (χ0) is 18.5. The Morgan fingerprint density at radius 3 is 2.77 bits per heavy atom. The zero-order valence-electron chi connectivity index (χ0n) is 13.5. The summed E-state index contributed by atoms with van der Waals surface area (Å²) in [5.74, 6) is -1.23. The lowest BCUT2D eigenvalue weighted by Crippen LogP contribution is -2.35. The fourth-order valence-corrected chi connectivity index (χ4v) is 2.28. The number of hydrogen-bond acceptors (Lipinski definition) is 6. The highest BCUT2D eigenvalue weighted by molar-refractivity contribution is 5.95. The van der Waals surface area contributed by atoms with Crippen LogP contribution in [0.3, 0.4) is 0 Å². The molecule has 2 aromatic rings. The van der Waals surface area contributed by atoms with Gasteiger partial charge in [-0.2, -0.15) is 0 Å². The van der Waals surface area contributed by atoms with Crippen LogP contribution in [0.4, 0.5) is 9.18 Å². The predicted octanol–water partition coefficient (Wildman–Crippen LogP) is 2.62. The summed E-state index contributed by atoms with van der Waals surface area (Å²) >= 11 is 0. The third-order valence-electron chi connectivity index (χ3n) is 3.55. The van der Waals surface area contributed by atoms with Gasteiger partial charge in [-0.25, -0.2) is 18.9 Å². The summed E-state index contributed by atoms with van der Waals surface area (Å²) in [4.78, 5) is 35.4. The Bertz CT molecular complexity index is 872. The number of rotatable bonds is 5. The van der Waals surface area contributed by atoms with Crippen molar-refractivity contribution in [3.05, 3.63) is 54.1 Å². The molecular weight excluding hydrogens is 345 g/mol. The molecule has 3 rings (SSSR count). The van der Waals surface area contributed by atoms with Crippen molar-refractivity contribution in [2.45, 2.75) is 0 Å². The number of hydrogen-bond donors (Lipinski definition) is 0. The van der Waals surface area contributed by atoms with Crippen molar-refractivity contribution in [1.82, 2.24) is 4.90 Å². The molecule has 1 saturated heterocycles. The van der Waals surface area contributed by atoms with Crippen molar-refractivity contribution < 1.29 is 32.7 Å². The van der Waals surface area contributed by atoms with E-state index in [0.717, 1.165) is 11.0 Å². The summed E-state index contributed by atoms with van der Waals surface area (Å²) in [5, 5.41) is 0. The molecule has 0 N–H and O–H groups in total. The molecule has 1 aliphatic heterocycles. The Hall–Kier alpha value is -3.42. The fraction of sp³-hybridized carbons (Fsp3) is 0.167. The summed E-state index contributed by atoms with van der Waals surface area (Å²) in [6, 6.07) is 9.29. The molecule has 0 atom stereocenters. The quantitative estimate of drug-likeness (QED) is 0.603. The van der Waals surface area contributed by atoms with E-state index >= 15 is 0 Å². The predicted molar refractivity (Wildman–Crippen MR) is 87.2 cm³/mol. The van der Waals surface area contributed by atoms with Crippen LogP contribution in [0.25, 0.3) is 17.4 Å². The molecule has 1 aliphatic rings. The zero-order valence-corrected chi connectivity index (χ0v) is 13.5. The third kappa shape index (κ3) is 3.97. The average molecular weight is 359 g/mol. The van der Waals surface area contributed by atoms with Gasteiger partial charge in [0.25, 0.3) is 5.91 Å². The second-order valence-corrected chi connectivity index (χ2v) is 5.28. The summed E-state index contributed by atoms with van der Waals surface area (Å²) < 4.78 is 28.5. The van der Waals surface area contributed by atoms with Crippen LogP contribution in [0.2, 0.25) is 0 Å². The van der Waals surface area contributed by atoms with Gasteiger partial charge in [-0.3, -0.25) is 4.79 Å². The molecule has 8 heteroatoms. The molecule has 2 heterocycles. The first-order valence-corrected chi connectivity index (χ1v) is 7.71. The van der Waals surface area contributed by atoms with Gasteiger partial charge in [0.15, 0.2) is 6.61 Å². The van der Waals surface area contributed by atoms with E-state index in [1.165, 1.54) is 12.1 Å². The SMILES string of the molecule is O=C(/C=C/c1ccc(-c2ccccc2F)o1)OCC(=O)N1CCOC1=O. The van der Waals surface area contributed by atoms with E-state index in [4.69, 9.17) is 9.15 Å². The van der Waals surface area contributed by atoms with Crippen molar-refractivity contribution >= 4 is 24.0 Å². The van der Waals surface area contributed by atoms with Gasteiger partial charge in [0, 0.05) is 6.08 Å². The van der Waals surface area contributed by atoms with Crippen LogP contribution in [0, 0.1) is 5.82 Å². The summed E-state index contributed by atoms with van der Waals surface area (Å²) in [6.07, 6.45) is 1.65. The number of ether oxygens (including phenoxy) is 2. The number of cyclic esters (lactones) is 1. The lowest BCUT2D eigenvalue weighted by Gasteiger charge is -2.09. The van der Waals surface area contributed by atoms with E-state index in [2.05, 4.69) is 4.74 Å². The summed E-state index contributed by atoms with van der Waals surface area (Å²) in [5.41, 5.74) is 0.304. The number of carbonyl (C=O) groups excluding carboxylic acids is 3. The van der Waals surface area contributed by atoms with E-state index in [-0.39, 0.29) is 13.2 Å². The molecule has 26 heavy (non-hydrogen) atoms. The van der Waals surface area contributed by atoms with Gasteiger partial charge in [0.05, 0.1) is 12.1 Å². The number of furan rings is 1. The molecule has 134 valence electrons. The Morgan fingerprint density at radius 2 is 2.04 bits per heavy atom. The van der Waals surface area contributed by atoms with Gasteiger partial charge in [0.2, 0.25) is 0 Å². The Balaban J connectivity index is 1.55. The standard InChI is InChI=1S/C18H14FNO6/c19-14-4-2-1-3-13(14)15-7-5-12(26-15)6-8-17(22)25-11-16(21)20-9-10-24-18(20)23/h1-8H,9-11H2/b8-6+. The third-order valence-corrected chi connectivity index (χ3v) is 3.55. The molecule has 7 nitrogen and oxygen atoms in total. The maximum Gasteiger partial charge on any atom is 0.416 e. The molecular formula is C18H14FNO6. The number of esters is 1. The largest absolute Gasteiger partial charge is 0.457 e. The topological polar surface area (TPSA) is 86.1 Å².